The molecule has 0 atom stereocenters. The molecule has 0 bridgehead atoms. The molecule has 2 aromatic rings. The highest BCUT2D eigenvalue weighted by atomic mass is 35.5. The van der Waals surface area contributed by atoms with Gasteiger partial charge in [0.15, 0.2) is 5.96 Å². The van der Waals surface area contributed by atoms with Crippen molar-refractivity contribution < 1.29 is 19.1 Å². The van der Waals surface area contributed by atoms with Gasteiger partial charge >= 0.3 is 11.9 Å². The molecule has 0 unspecified atom stereocenters. The minimum absolute atomic E-state index is 0. The topological polar surface area (TPSA) is 115 Å². The summed E-state index contributed by atoms with van der Waals surface area (Å²) >= 11 is 0. The Labute approximate surface area is 188 Å². The van der Waals surface area contributed by atoms with Gasteiger partial charge in [0.25, 0.3) is 0 Å². The number of ether oxygens (including phenoxy) is 2. The van der Waals surface area contributed by atoms with E-state index in [2.05, 4.69) is 5.32 Å². The van der Waals surface area contributed by atoms with Crippen LogP contribution in [0.4, 0.5) is 0 Å². The number of nitrogens with one attached hydrogen (secondary N) is 2. The van der Waals surface area contributed by atoms with Crippen molar-refractivity contribution in [1.82, 2.24) is 5.32 Å². The van der Waals surface area contributed by atoms with Gasteiger partial charge in [-0.2, -0.15) is 0 Å². The number of hydrogen-bond donors (Lipinski definition) is 3. The van der Waals surface area contributed by atoms with E-state index in [0.29, 0.717) is 23.8 Å². The van der Waals surface area contributed by atoms with Gasteiger partial charge in [0.05, 0.1) is 11.5 Å². The third kappa shape index (κ3) is 7.61. The Balaban J connectivity index is 0.00000341. The van der Waals surface area contributed by atoms with E-state index in [1.54, 1.807) is 18.2 Å². The van der Waals surface area contributed by atoms with E-state index in [1.165, 1.54) is 6.07 Å². The van der Waals surface area contributed by atoms with Crippen molar-refractivity contribution in [3.63, 3.8) is 0 Å². The van der Waals surface area contributed by atoms with Gasteiger partial charge < -0.3 is 20.5 Å². The van der Waals surface area contributed by atoms with Crippen LogP contribution in [0.25, 0.3) is 0 Å². The van der Waals surface area contributed by atoms with Crippen molar-refractivity contribution in [2.75, 3.05) is 6.54 Å². The fourth-order valence-electron chi connectivity index (χ4n) is 3.55. The lowest BCUT2D eigenvalue weighted by Gasteiger charge is -2.27. The summed E-state index contributed by atoms with van der Waals surface area (Å²) in [6, 6.07) is 15.9. The van der Waals surface area contributed by atoms with Gasteiger partial charge in [-0.05, 0) is 55.4 Å². The van der Waals surface area contributed by atoms with Crippen molar-refractivity contribution in [2.24, 2.45) is 17.6 Å². The average molecular weight is 446 g/mol. The Hall–Kier alpha value is -3.06. The monoisotopic (exact) mass is 445 g/mol. The first-order valence-electron chi connectivity index (χ1n) is 10.1. The molecule has 2 aromatic carbocycles. The maximum absolute atomic E-state index is 12.5. The number of nitrogens with two attached hydrogens (primary N) is 1. The normalized spacial score (nSPS) is 17.7. The minimum Gasteiger partial charge on any atom is -0.457 e. The second-order valence-electron chi connectivity index (χ2n) is 7.52. The zero-order chi connectivity index (χ0) is 21.3. The van der Waals surface area contributed by atoms with Crippen LogP contribution in [0.3, 0.4) is 0 Å². The smallest absolute Gasteiger partial charge is 0.338 e. The van der Waals surface area contributed by atoms with E-state index >= 15 is 0 Å². The van der Waals surface area contributed by atoms with Gasteiger partial charge in [0, 0.05) is 6.54 Å². The molecule has 31 heavy (non-hydrogen) atoms. The van der Waals surface area contributed by atoms with Crippen molar-refractivity contribution in [2.45, 2.75) is 32.3 Å². The van der Waals surface area contributed by atoms with Crippen molar-refractivity contribution in [1.29, 1.82) is 5.41 Å². The molecule has 4 N–H and O–H groups in total. The predicted molar refractivity (Wildman–Crippen MR) is 120 cm³/mol. The lowest BCUT2D eigenvalue weighted by Crippen LogP contribution is -2.36. The number of carbonyl (C=O) groups is 2. The second-order valence-corrected chi connectivity index (χ2v) is 7.52. The van der Waals surface area contributed by atoms with Crippen LogP contribution < -0.4 is 15.8 Å². The van der Waals surface area contributed by atoms with Crippen LogP contribution in [0, 0.1) is 17.2 Å². The summed E-state index contributed by atoms with van der Waals surface area (Å²) in [5, 5.41) is 10.1. The van der Waals surface area contributed by atoms with Gasteiger partial charge in [0.1, 0.15) is 12.4 Å². The Morgan fingerprint density at radius 3 is 2.42 bits per heavy atom. The summed E-state index contributed by atoms with van der Waals surface area (Å²) in [6.45, 7) is 0.843. The number of rotatable bonds is 7. The standard InChI is InChI=1S/C23H27N3O4.ClH/c24-23(25)26-14-16-9-11-18(12-10-16)22(28)30-20-8-4-7-19(13-20)21(27)29-15-17-5-2-1-3-6-17;/h1-8,13,16,18H,9-12,14-15H2,(H4,24,25,26);1H/t16-,18-;. The zero-order valence-corrected chi connectivity index (χ0v) is 18.0. The molecule has 1 aliphatic carbocycles. The summed E-state index contributed by atoms with van der Waals surface area (Å²) in [5.41, 5.74) is 6.57. The van der Waals surface area contributed by atoms with E-state index in [0.717, 1.165) is 31.2 Å². The molecule has 0 heterocycles. The number of carbonyl (C=O) groups excluding carboxylic acids is 2. The maximum atomic E-state index is 12.5. The molecule has 7 nitrogen and oxygen atoms in total. The molecule has 0 aromatic heterocycles. The SMILES string of the molecule is Cl.N=C(N)NC[C@H]1CC[C@H](C(=O)Oc2cccc(C(=O)OCc3ccccc3)c2)CC1. The molecule has 1 saturated carbocycles. The Morgan fingerprint density at radius 1 is 1.03 bits per heavy atom. The summed E-state index contributed by atoms with van der Waals surface area (Å²) in [5.74, 6) is -0.181. The lowest BCUT2D eigenvalue weighted by molar-refractivity contribution is -0.140. The highest BCUT2D eigenvalue weighted by Crippen LogP contribution is 2.30. The largest absolute Gasteiger partial charge is 0.457 e. The average Bonchev–Trinajstić information content (AvgIpc) is 2.77. The third-order valence-electron chi connectivity index (χ3n) is 5.26. The number of halogens is 1. The van der Waals surface area contributed by atoms with Crippen LogP contribution in [0.1, 0.15) is 41.6 Å². The fourth-order valence-corrected chi connectivity index (χ4v) is 3.55. The molecule has 166 valence electrons. The van der Waals surface area contributed by atoms with Gasteiger partial charge in [-0.1, -0.05) is 36.4 Å². The summed E-state index contributed by atoms with van der Waals surface area (Å²) < 4.78 is 10.9. The fraction of sp³-hybridized carbons (Fsp3) is 0.348. The van der Waals surface area contributed by atoms with Crippen molar-refractivity contribution in [3.05, 3.63) is 65.7 Å². The molecule has 0 saturated heterocycles. The maximum Gasteiger partial charge on any atom is 0.338 e. The van der Waals surface area contributed by atoms with Crippen LogP contribution in [-0.4, -0.2) is 24.4 Å². The van der Waals surface area contributed by atoms with E-state index in [-0.39, 0.29) is 36.9 Å². The molecule has 3 rings (SSSR count). The van der Waals surface area contributed by atoms with Gasteiger partial charge in [-0.25, -0.2) is 4.79 Å². The zero-order valence-electron chi connectivity index (χ0n) is 17.2. The molecule has 0 spiro atoms. The minimum atomic E-state index is -0.463. The molecule has 0 radical (unpaired) electrons. The quantitative estimate of drug-likeness (QED) is 0.259. The summed E-state index contributed by atoms with van der Waals surface area (Å²) in [7, 11) is 0. The summed E-state index contributed by atoms with van der Waals surface area (Å²) in [6.07, 6.45) is 3.24. The molecule has 1 fully saturated rings. The first-order valence-corrected chi connectivity index (χ1v) is 10.1. The Kier molecular flexibility index (Phi) is 9.34. The van der Waals surface area contributed by atoms with E-state index in [9.17, 15) is 9.59 Å². The Bertz CT molecular complexity index is 883. The molecule has 8 heteroatoms. The van der Waals surface area contributed by atoms with Gasteiger partial charge in [0.2, 0.25) is 0 Å². The lowest BCUT2D eigenvalue weighted by atomic mass is 9.82. The second kappa shape index (κ2) is 12.0. The van der Waals surface area contributed by atoms with Gasteiger partial charge in [-0.3, -0.25) is 10.2 Å². The molecular weight excluding hydrogens is 418 g/mol. The number of benzene rings is 2. The predicted octanol–water partition coefficient (Wildman–Crippen LogP) is 3.66. The highest BCUT2D eigenvalue weighted by molar-refractivity contribution is 5.90. The number of hydrogen-bond acceptors (Lipinski definition) is 5. The molecular formula is C23H28ClN3O4. The van der Waals surface area contributed by atoms with Crippen molar-refractivity contribution in [3.8, 4) is 5.75 Å². The van der Waals surface area contributed by atoms with E-state index in [4.69, 9.17) is 20.6 Å². The van der Waals surface area contributed by atoms with Crippen LogP contribution in [0.5, 0.6) is 5.75 Å². The van der Waals surface area contributed by atoms with Crippen molar-refractivity contribution >= 4 is 30.3 Å². The molecule has 1 aliphatic rings. The molecule has 0 aliphatic heterocycles. The number of esters is 2. The van der Waals surface area contributed by atoms with Gasteiger partial charge in [-0.15, -0.1) is 12.4 Å². The van der Waals surface area contributed by atoms with Crippen LogP contribution in [0.15, 0.2) is 54.6 Å². The third-order valence-corrected chi connectivity index (χ3v) is 5.26. The first kappa shape index (κ1) is 24.2. The summed E-state index contributed by atoms with van der Waals surface area (Å²) in [4.78, 5) is 24.8. The van der Waals surface area contributed by atoms with Crippen LogP contribution in [-0.2, 0) is 16.1 Å². The van der Waals surface area contributed by atoms with Crippen LogP contribution >= 0.6 is 12.4 Å². The van der Waals surface area contributed by atoms with E-state index in [1.807, 2.05) is 30.3 Å². The van der Waals surface area contributed by atoms with E-state index < -0.39 is 5.97 Å². The first-order chi connectivity index (χ1) is 14.5. The highest BCUT2D eigenvalue weighted by Gasteiger charge is 2.28. The number of guanidine groups is 1. The Morgan fingerprint density at radius 2 is 1.74 bits per heavy atom. The van der Waals surface area contributed by atoms with Crippen LogP contribution in [0.2, 0.25) is 0 Å². The molecule has 0 amide bonds.